The zero-order valence-electron chi connectivity index (χ0n) is 10.7. The highest BCUT2D eigenvalue weighted by Gasteiger charge is 2.16. The molecule has 0 radical (unpaired) electrons. The molecule has 0 atom stereocenters. The Kier molecular flexibility index (Phi) is 2.89. The Morgan fingerprint density at radius 3 is 2.65 bits per heavy atom. The largest absolute Gasteiger partial charge is 0.462 e. The fraction of sp³-hybridized carbons (Fsp3) is 0.133. The highest BCUT2D eigenvalue weighted by Crippen LogP contribution is 2.30. The summed E-state index contributed by atoms with van der Waals surface area (Å²) in [6.07, 6.45) is 0. The van der Waals surface area contributed by atoms with Crippen LogP contribution in [0.5, 0.6) is 0 Å². The van der Waals surface area contributed by atoms with Crippen LogP contribution in [0.2, 0.25) is 0 Å². The summed E-state index contributed by atoms with van der Waals surface area (Å²) >= 11 is 0. The molecular weight excluding hydrogens is 264 g/mol. The highest BCUT2D eigenvalue weighted by atomic mass is 19.1. The van der Waals surface area contributed by atoms with E-state index in [2.05, 4.69) is 4.98 Å². The lowest BCUT2D eigenvalue weighted by Gasteiger charge is -2.03. The standard InChI is InChI=1S/C15H11F2NO2/c1-2-20-15(19)8-6-10(17)14-12(7-8)18-11-5-3-4-9(16)13(11)14/h3-7,18H,2H2,1H3. The van der Waals surface area contributed by atoms with Gasteiger partial charge in [0.25, 0.3) is 0 Å². The predicted molar refractivity (Wildman–Crippen MR) is 71.7 cm³/mol. The minimum absolute atomic E-state index is 0.101. The fourth-order valence-corrected chi connectivity index (χ4v) is 2.32. The van der Waals surface area contributed by atoms with Gasteiger partial charge in [0.05, 0.1) is 17.7 Å². The zero-order chi connectivity index (χ0) is 14.3. The molecule has 3 aromatic rings. The molecule has 102 valence electrons. The van der Waals surface area contributed by atoms with Crippen LogP contribution in [0.1, 0.15) is 17.3 Å². The van der Waals surface area contributed by atoms with E-state index in [9.17, 15) is 13.6 Å². The van der Waals surface area contributed by atoms with Gasteiger partial charge in [0.1, 0.15) is 11.6 Å². The maximum absolute atomic E-state index is 14.2. The molecule has 0 aliphatic rings. The van der Waals surface area contributed by atoms with E-state index in [-0.39, 0.29) is 22.9 Å². The first kappa shape index (κ1) is 12.6. The molecule has 0 saturated heterocycles. The molecule has 0 fully saturated rings. The van der Waals surface area contributed by atoms with Crippen molar-refractivity contribution < 1.29 is 18.3 Å². The number of halogens is 2. The second-order valence-corrected chi connectivity index (χ2v) is 4.39. The second kappa shape index (κ2) is 4.59. The molecule has 2 aromatic carbocycles. The quantitative estimate of drug-likeness (QED) is 0.723. The summed E-state index contributed by atoms with van der Waals surface area (Å²) in [6.45, 7) is 1.88. The zero-order valence-corrected chi connectivity index (χ0v) is 10.7. The number of hydrogen-bond acceptors (Lipinski definition) is 2. The minimum Gasteiger partial charge on any atom is -0.462 e. The van der Waals surface area contributed by atoms with Gasteiger partial charge in [0.15, 0.2) is 0 Å². The Morgan fingerprint density at radius 1 is 1.15 bits per heavy atom. The fourth-order valence-electron chi connectivity index (χ4n) is 2.32. The van der Waals surface area contributed by atoms with Gasteiger partial charge in [-0.1, -0.05) is 6.07 Å². The van der Waals surface area contributed by atoms with Crippen molar-refractivity contribution in [1.29, 1.82) is 0 Å². The molecular formula is C15H11F2NO2. The Morgan fingerprint density at radius 2 is 1.90 bits per heavy atom. The lowest BCUT2D eigenvalue weighted by molar-refractivity contribution is 0.0526. The number of benzene rings is 2. The van der Waals surface area contributed by atoms with E-state index in [4.69, 9.17) is 4.74 Å². The van der Waals surface area contributed by atoms with Crippen LogP contribution in [0.4, 0.5) is 8.78 Å². The Bertz CT molecular complexity index is 823. The van der Waals surface area contributed by atoms with Gasteiger partial charge in [-0.25, -0.2) is 13.6 Å². The van der Waals surface area contributed by atoms with Gasteiger partial charge in [0.2, 0.25) is 0 Å². The van der Waals surface area contributed by atoms with Crippen LogP contribution < -0.4 is 0 Å². The summed E-state index contributed by atoms with van der Waals surface area (Å²) in [7, 11) is 0. The molecule has 0 aliphatic heterocycles. The van der Waals surface area contributed by atoms with Crippen LogP contribution in [0.3, 0.4) is 0 Å². The molecule has 3 nitrogen and oxygen atoms in total. The summed E-state index contributed by atoms with van der Waals surface area (Å²) in [5.41, 5.74) is 0.955. The average Bonchev–Trinajstić information content (AvgIpc) is 2.79. The number of rotatable bonds is 2. The number of carbonyl (C=O) groups is 1. The SMILES string of the molecule is CCOC(=O)c1cc(F)c2c(c1)[nH]c1cccc(F)c12. The normalized spacial score (nSPS) is 11.2. The summed E-state index contributed by atoms with van der Waals surface area (Å²) < 4.78 is 32.9. The van der Waals surface area contributed by atoms with Gasteiger partial charge in [-0.15, -0.1) is 0 Å². The van der Waals surface area contributed by atoms with Crippen molar-refractivity contribution in [2.24, 2.45) is 0 Å². The molecule has 0 bridgehead atoms. The number of nitrogens with one attached hydrogen (secondary N) is 1. The average molecular weight is 275 g/mol. The van der Waals surface area contributed by atoms with Gasteiger partial charge in [0, 0.05) is 16.3 Å². The van der Waals surface area contributed by atoms with Crippen molar-refractivity contribution in [3.8, 4) is 0 Å². The van der Waals surface area contributed by atoms with Crippen molar-refractivity contribution in [2.75, 3.05) is 6.61 Å². The number of carbonyl (C=O) groups excluding carboxylic acids is 1. The second-order valence-electron chi connectivity index (χ2n) is 4.39. The number of aromatic nitrogens is 1. The molecule has 0 saturated carbocycles. The molecule has 1 heterocycles. The molecule has 5 heteroatoms. The maximum Gasteiger partial charge on any atom is 0.338 e. The highest BCUT2D eigenvalue weighted by molar-refractivity contribution is 6.09. The van der Waals surface area contributed by atoms with E-state index in [0.29, 0.717) is 11.0 Å². The van der Waals surface area contributed by atoms with E-state index >= 15 is 0 Å². The van der Waals surface area contributed by atoms with Crippen molar-refractivity contribution in [3.63, 3.8) is 0 Å². The lowest BCUT2D eigenvalue weighted by atomic mass is 10.1. The van der Waals surface area contributed by atoms with Gasteiger partial charge in [-0.05, 0) is 31.2 Å². The molecule has 1 N–H and O–H groups in total. The number of esters is 1. The lowest BCUT2D eigenvalue weighted by Crippen LogP contribution is -2.05. The van der Waals surface area contributed by atoms with E-state index < -0.39 is 17.6 Å². The molecule has 0 unspecified atom stereocenters. The van der Waals surface area contributed by atoms with Crippen LogP contribution >= 0.6 is 0 Å². The van der Waals surface area contributed by atoms with Gasteiger partial charge >= 0.3 is 5.97 Å². The van der Waals surface area contributed by atoms with Gasteiger partial charge in [-0.3, -0.25) is 0 Å². The van der Waals surface area contributed by atoms with Crippen LogP contribution in [-0.4, -0.2) is 17.6 Å². The third kappa shape index (κ3) is 1.82. The van der Waals surface area contributed by atoms with E-state index in [0.717, 1.165) is 6.07 Å². The number of aromatic amines is 1. The Hall–Kier alpha value is -2.43. The Labute approximate surface area is 113 Å². The van der Waals surface area contributed by atoms with Crippen molar-refractivity contribution in [1.82, 2.24) is 4.98 Å². The molecule has 0 spiro atoms. The van der Waals surface area contributed by atoms with E-state index in [1.165, 1.54) is 18.2 Å². The van der Waals surface area contributed by atoms with E-state index in [1.807, 2.05) is 0 Å². The minimum atomic E-state index is -0.651. The van der Waals surface area contributed by atoms with E-state index in [1.54, 1.807) is 13.0 Å². The summed E-state index contributed by atoms with van der Waals surface area (Å²) in [5, 5.41) is 0.335. The summed E-state index contributed by atoms with van der Waals surface area (Å²) in [6, 6.07) is 7.00. The third-order valence-electron chi connectivity index (χ3n) is 3.13. The molecule has 0 aliphatic carbocycles. The molecule has 20 heavy (non-hydrogen) atoms. The molecule has 0 amide bonds. The maximum atomic E-state index is 14.2. The van der Waals surface area contributed by atoms with Crippen molar-refractivity contribution in [3.05, 3.63) is 47.5 Å². The van der Waals surface area contributed by atoms with Crippen LogP contribution in [-0.2, 0) is 4.74 Å². The monoisotopic (exact) mass is 275 g/mol. The topological polar surface area (TPSA) is 42.1 Å². The van der Waals surface area contributed by atoms with Crippen LogP contribution in [0.25, 0.3) is 21.8 Å². The van der Waals surface area contributed by atoms with Gasteiger partial charge in [-0.2, -0.15) is 0 Å². The van der Waals surface area contributed by atoms with Crippen molar-refractivity contribution in [2.45, 2.75) is 6.92 Å². The smallest absolute Gasteiger partial charge is 0.338 e. The summed E-state index contributed by atoms with van der Waals surface area (Å²) in [4.78, 5) is 14.6. The number of fused-ring (bicyclic) bond motifs is 3. The predicted octanol–water partition coefficient (Wildman–Crippen LogP) is 3.78. The van der Waals surface area contributed by atoms with Gasteiger partial charge < -0.3 is 9.72 Å². The van der Waals surface area contributed by atoms with Crippen LogP contribution in [0, 0.1) is 11.6 Å². The number of H-pyrrole nitrogens is 1. The van der Waals surface area contributed by atoms with Crippen LogP contribution in [0.15, 0.2) is 30.3 Å². The third-order valence-corrected chi connectivity index (χ3v) is 3.13. The first-order valence-electron chi connectivity index (χ1n) is 6.18. The number of ether oxygens (including phenoxy) is 1. The first-order valence-corrected chi connectivity index (χ1v) is 6.18. The summed E-state index contributed by atoms with van der Waals surface area (Å²) in [5.74, 6) is -1.76. The Balaban J connectivity index is 2.31. The van der Waals surface area contributed by atoms with Crippen molar-refractivity contribution >= 4 is 27.8 Å². The number of hydrogen-bond donors (Lipinski definition) is 1. The molecule has 1 aromatic heterocycles. The molecule has 3 rings (SSSR count). The first-order chi connectivity index (χ1) is 9.61.